The molecule has 9 heteroatoms. The zero-order chi connectivity index (χ0) is 17.8. The monoisotopic (exact) mass is 346 g/mol. The zero-order valence-electron chi connectivity index (χ0n) is 12.0. The van der Waals surface area contributed by atoms with E-state index in [0.717, 1.165) is 0 Å². The molecule has 2 bridgehead atoms. The van der Waals surface area contributed by atoms with Crippen molar-refractivity contribution in [3.05, 3.63) is 41.2 Å². The summed E-state index contributed by atoms with van der Waals surface area (Å²) >= 11 is 0. The van der Waals surface area contributed by atoms with Crippen LogP contribution in [0.2, 0.25) is 0 Å². The first-order valence-electron chi connectivity index (χ1n) is 7.04. The van der Waals surface area contributed by atoms with Crippen LogP contribution in [0.25, 0.3) is 0 Å². The maximum Gasteiger partial charge on any atom is 0.229 e. The highest BCUT2D eigenvalue weighted by Crippen LogP contribution is 2.48. The van der Waals surface area contributed by atoms with E-state index in [1.54, 1.807) is 17.5 Å². The van der Waals surface area contributed by atoms with E-state index in [2.05, 4.69) is 0 Å². The molecule has 2 aliphatic rings. The number of halogens is 5. The van der Waals surface area contributed by atoms with Crippen molar-refractivity contribution in [3.63, 3.8) is 0 Å². The van der Waals surface area contributed by atoms with E-state index in [4.69, 9.17) is 5.73 Å². The van der Waals surface area contributed by atoms with Gasteiger partial charge in [0.1, 0.15) is 5.69 Å². The topological polar surface area (TPSA) is 72.2 Å². The lowest BCUT2D eigenvalue weighted by Crippen LogP contribution is -2.39. The fraction of sp³-hybridized carbons (Fsp3) is 0.333. The van der Waals surface area contributed by atoms with Crippen LogP contribution in [0.3, 0.4) is 0 Å². The van der Waals surface area contributed by atoms with E-state index in [1.807, 2.05) is 0 Å². The summed E-state index contributed by atoms with van der Waals surface area (Å²) in [4.78, 5) is 23.8. The molecule has 1 fully saturated rings. The summed E-state index contributed by atoms with van der Waals surface area (Å²) in [5.74, 6) is -15.3. The summed E-state index contributed by atoms with van der Waals surface area (Å²) < 4.78 is 66.7. The van der Waals surface area contributed by atoms with Gasteiger partial charge in [-0.2, -0.15) is 0 Å². The number of nitrogens with two attached hydrogens (primary N) is 1. The Morgan fingerprint density at radius 3 is 1.83 bits per heavy atom. The molecule has 0 aromatic heterocycles. The fourth-order valence-corrected chi connectivity index (χ4v) is 3.49. The minimum absolute atomic E-state index is 0.278. The molecule has 0 heterocycles. The van der Waals surface area contributed by atoms with Gasteiger partial charge in [-0.05, 0) is 18.3 Å². The SMILES string of the molecule is NC(=O)C1C2C=CC(C2)C1C(=O)Nc1c(F)c(F)c(F)c(F)c1F. The van der Waals surface area contributed by atoms with Gasteiger partial charge in [0.05, 0.1) is 11.8 Å². The average Bonchev–Trinajstić information content (AvgIpc) is 3.15. The number of allylic oxidation sites excluding steroid dienone is 2. The highest BCUT2D eigenvalue weighted by Gasteiger charge is 2.51. The Hall–Kier alpha value is -2.45. The molecule has 0 aliphatic heterocycles. The van der Waals surface area contributed by atoms with Gasteiger partial charge in [0, 0.05) is 0 Å². The van der Waals surface area contributed by atoms with Crippen molar-refractivity contribution < 1.29 is 31.5 Å². The number of carbonyl (C=O) groups is 2. The van der Waals surface area contributed by atoms with Gasteiger partial charge in [-0.1, -0.05) is 12.2 Å². The number of hydrogen-bond donors (Lipinski definition) is 2. The van der Waals surface area contributed by atoms with Gasteiger partial charge in [-0.3, -0.25) is 9.59 Å². The Morgan fingerprint density at radius 2 is 1.33 bits per heavy atom. The first kappa shape index (κ1) is 16.4. The van der Waals surface area contributed by atoms with Crippen LogP contribution < -0.4 is 11.1 Å². The Kier molecular flexibility index (Phi) is 3.81. The minimum Gasteiger partial charge on any atom is -0.369 e. The summed E-state index contributed by atoms with van der Waals surface area (Å²) in [5.41, 5.74) is 3.82. The molecule has 2 amide bonds. The van der Waals surface area contributed by atoms with E-state index in [-0.39, 0.29) is 11.8 Å². The number of anilines is 1. The molecule has 128 valence electrons. The standard InChI is InChI=1S/C15H11F5N2O2/c16-8-9(17)11(19)13(12(20)10(8)18)22-15(24)7-5-2-1-4(3-5)6(7)14(21)23/h1-2,4-7H,3H2,(H2,21,23)(H,22,24). The number of carbonyl (C=O) groups excluding carboxylic acids is 2. The lowest BCUT2D eigenvalue weighted by Gasteiger charge is -2.24. The lowest BCUT2D eigenvalue weighted by atomic mass is 9.82. The number of amides is 2. The molecular formula is C15H11F5N2O2. The number of primary amides is 1. The quantitative estimate of drug-likeness (QED) is 0.381. The number of fused-ring (bicyclic) bond motifs is 2. The van der Waals surface area contributed by atoms with Crippen molar-refractivity contribution >= 4 is 17.5 Å². The Balaban J connectivity index is 1.94. The van der Waals surface area contributed by atoms with Crippen molar-refractivity contribution in [3.8, 4) is 0 Å². The molecule has 4 nitrogen and oxygen atoms in total. The fourth-order valence-electron chi connectivity index (χ4n) is 3.49. The molecule has 3 rings (SSSR count). The smallest absolute Gasteiger partial charge is 0.229 e. The van der Waals surface area contributed by atoms with E-state index in [1.165, 1.54) is 0 Å². The molecule has 4 atom stereocenters. The average molecular weight is 346 g/mol. The van der Waals surface area contributed by atoms with Crippen LogP contribution in [0.15, 0.2) is 12.2 Å². The van der Waals surface area contributed by atoms with Crippen molar-refractivity contribution in [1.82, 2.24) is 0 Å². The number of benzene rings is 1. The third-order valence-electron chi connectivity index (χ3n) is 4.55. The molecule has 0 saturated heterocycles. The van der Waals surface area contributed by atoms with Crippen LogP contribution in [0, 0.1) is 52.8 Å². The zero-order valence-corrected chi connectivity index (χ0v) is 12.0. The maximum atomic E-state index is 13.7. The summed E-state index contributed by atoms with van der Waals surface area (Å²) in [6.07, 6.45) is 3.86. The first-order chi connectivity index (χ1) is 11.2. The maximum absolute atomic E-state index is 13.7. The molecule has 4 unspecified atom stereocenters. The van der Waals surface area contributed by atoms with E-state index in [0.29, 0.717) is 6.42 Å². The van der Waals surface area contributed by atoms with Gasteiger partial charge >= 0.3 is 0 Å². The summed E-state index contributed by atoms with van der Waals surface area (Å²) in [6.45, 7) is 0. The molecule has 0 radical (unpaired) electrons. The van der Waals surface area contributed by atoms with E-state index < -0.39 is 58.4 Å². The van der Waals surface area contributed by atoms with Gasteiger partial charge in [0.15, 0.2) is 23.3 Å². The first-order valence-corrected chi connectivity index (χ1v) is 7.04. The number of nitrogens with one attached hydrogen (secondary N) is 1. The number of rotatable bonds is 3. The normalized spacial score (nSPS) is 27.5. The van der Waals surface area contributed by atoms with Crippen molar-refractivity contribution in [2.45, 2.75) is 6.42 Å². The van der Waals surface area contributed by atoms with Crippen molar-refractivity contribution in [2.75, 3.05) is 5.32 Å². The van der Waals surface area contributed by atoms with Crippen molar-refractivity contribution in [2.24, 2.45) is 29.4 Å². The predicted octanol–water partition coefficient (Wildman–Crippen LogP) is 2.24. The highest BCUT2D eigenvalue weighted by molar-refractivity contribution is 5.97. The molecule has 0 spiro atoms. The van der Waals surface area contributed by atoms with Crippen LogP contribution >= 0.6 is 0 Å². The van der Waals surface area contributed by atoms with Crippen LogP contribution in [-0.4, -0.2) is 11.8 Å². The molecular weight excluding hydrogens is 335 g/mol. The Labute approximate surface area is 132 Å². The predicted molar refractivity (Wildman–Crippen MR) is 71.8 cm³/mol. The van der Waals surface area contributed by atoms with Crippen LogP contribution in [0.4, 0.5) is 27.6 Å². The lowest BCUT2D eigenvalue weighted by molar-refractivity contribution is -0.130. The second-order valence-corrected chi connectivity index (χ2v) is 5.84. The Bertz CT molecular complexity index is 751. The summed E-state index contributed by atoms with van der Waals surface area (Å²) in [6, 6.07) is 0. The van der Waals surface area contributed by atoms with Crippen LogP contribution in [-0.2, 0) is 9.59 Å². The molecule has 24 heavy (non-hydrogen) atoms. The van der Waals surface area contributed by atoms with Gasteiger partial charge in [0.25, 0.3) is 0 Å². The Morgan fingerprint density at radius 1 is 0.875 bits per heavy atom. The second kappa shape index (κ2) is 5.57. The summed E-state index contributed by atoms with van der Waals surface area (Å²) in [5, 5.41) is 1.72. The molecule has 1 aromatic carbocycles. The minimum atomic E-state index is -2.32. The highest BCUT2D eigenvalue weighted by atomic mass is 19.2. The molecule has 3 N–H and O–H groups in total. The largest absolute Gasteiger partial charge is 0.369 e. The van der Waals surface area contributed by atoms with Crippen LogP contribution in [0.1, 0.15) is 6.42 Å². The van der Waals surface area contributed by atoms with Gasteiger partial charge in [0.2, 0.25) is 17.6 Å². The summed E-state index contributed by atoms with van der Waals surface area (Å²) in [7, 11) is 0. The van der Waals surface area contributed by atoms with Crippen LogP contribution in [0.5, 0.6) is 0 Å². The third kappa shape index (κ3) is 2.26. The third-order valence-corrected chi connectivity index (χ3v) is 4.55. The van der Waals surface area contributed by atoms with Crippen molar-refractivity contribution in [1.29, 1.82) is 0 Å². The number of hydrogen-bond acceptors (Lipinski definition) is 2. The molecule has 1 aromatic rings. The molecule has 2 aliphatic carbocycles. The van der Waals surface area contributed by atoms with E-state index >= 15 is 0 Å². The molecule has 1 saturated carbocycles. The van der Waals surface area contributed by atoms with Gasteiger partial charge < -0.3 is 11.1 Å². The van der Waals surface area contributed by atoms with E-state index in [9.17, 15) is 31.5 Å². The second-order valence-electron chi connectivity index (χ2n) is 5.84. The van der Waals surface area contributed by atoms with Gasteiger partial charge in [-0.15, -0.1) is 0 Å². The van der Waals surface area contributed by atoms with Gasteiger partial charge in [-0.25, -0.2) is 22.0 Å².